The molecule has 0 amide bonds. The van der Waals surface area contributed by atoms with Crippen LogP contribution in [-0.2, 0) is 23.5 Å². The van der Waals surface area contributed by atoms with Crippen molar-refractivity contribution < 1.29 is 23.5 Å². The van der Waals surface area contributed by atoms with Gasteiger partial charge >= 0.3 is 0 Å². The monoisotopic (exact) mass is 344 g/mol. The van der Waals surface area contributed by atoms with Gasteiger partial charge in [-0.3, -0.25) is 9.59 Å². The Labute approximate surface area is 141 Å². The number of hydrogen-bond donors (Lipinski definition) is 0. The zero-order valence-corrected chi connectivity index (χ0v) is 15.9. The van der Waals surface area contributed by atoms with Crippen LogP contribution in [0.2, 0.25) is 18.1 Å². The predicted molar refractivity (Wildman–Crippen MR) is 91.9 cm³/mol. The molecule has 0 aromatic heterocycles. The Hall–Kier alpha value is -0.563. The van der Waals surface area contributed by atoms with Gasteiger partial charge in [-0.1, -0.05) is 20.8 Å². The maximum Gasteiger partial charge on any atom is 0.192 e. The van der Waals surface area contributed by atoms with Crippen molar-refractivity contribution in [2.75, 3.05) is 19.8 Å². The second-order valence-corrected chi connectivity index (χ2v) is 11.0. The van der Waals surface area contributed by atoms with Gasteiger partial charge in [0.1, 0.15) is 6.61 Å². The van der Waals surface area contributed by atoms with E-state index in [1.165, 1.54) is 0 Å². The molecular weight excluding hydrogens is 312 g/mol. The van der Waals surface area contributed by atoms with Gasteiger partial charge in [0, 0.05) is 19.4 Å². The second kappa shape index (κ2) is 11.1. The Bertz CT molecular complexity index is 354. The third-order valence-corrected chi connectivity index (χ3v) is 9.35. The topological polar surface area (TPSA) is 61.8 Å². The van der Waals surface area contributed by atoms with Crippen molar-refractivity contribution in [3.8, 4) is 0 Å². The fourth-order valence-electron chi connectivity index (χ4n) is 2.74. The van der Waals surface area contributed by atoms with E-state index < -0.39 is 8.32 Å². The van der Waals surface area contributed by atoms with E-state index in [-0.39, 0.29) is 43.9 Å². The molecule has 0 aliphatic carbocycles. The summed E-state index contributed by atoms with van der Waals surface area (Å²) in [5.41, 5.74) is 0. The molecule has 0 N–H and O–H groups in total. The number of hydrogen-bond acceptors (Lipinski definition) is 5. The van der Waals surface area contributed by atoms with Gasteiger partial charge in [0.2, 0.25) is 0 Å². The standard InChI is InChI=1S/C17H32O5Si/c1-4-23(5-2,6-3)22-14-16(19)11-10-15(18)13-21-17-9-7-8-12-20-17/h17H,4-14H2,1-3H3. The van der Waals surface area contributed by atoms with Gasteiger partial charge in [-0.05, 0) is 37.4 Å². The molecule has 0 spiro atoms. The molecule has 0 aromatic carbocycles. The van der Waals surface area contributed by atoms with E-state index >= 15 is 0 Å². The van der Waals surface area contributed by atoms with Gasteiger partial charge in [-0.2, -0.15) is 0 Å². The van der Waals surface area contributed by atoms with E-state index in [9.17, 15) is 9.59 Å². The highest BCUT2D eigenvalue weighted by atomic mass is 28.4. The summed E-state index contributed by atoms with van der Waals surface area (Å²) in [6.07, 6.45) is 3.20. The number of carbonyl (C=O) groups is 2. The highest BCUT2D eigenvalue weighted by molar-refractivity contribution is 6.73. The van der Waals surface area contributed by atoms with Crippen molar-refractivity contribution in [3.05, 3.63) is 0 Å². The Morgan fingerprint density at radius 1 is 1.00 bits per heavy atom. The number of carbonyl (C=O) groups excluding carboxylic acids is 2. The summed E-state index contributed by atoms with van der Waals surface area (Å²) >= 11 is 0. The molecule has 1 rings (SSSR count). The van der Waals surface area contributed by atoms with Gasteiger partial charge in [-0.15, -0.1) is 0 Å². The van der Waals surface area contributed by atoms with E-state index in [4.69, 9.17) is 13.9 Å². The zero-order chi connectivity index (χ0) is 17.1. The molecule has 1 unspecified atom stereocenters. The average Bonchev–Trinajstić information content (AvgIpc) is 2.60. The molecule has 1 fully saturated rings. The molecule has 134 valence electrons. The van der Waals surface area contributed by atoms with Crippen LogP contribution in [0.4, 0.5) is 0 Å². The molecule has 1 heterocycles. The van der Waals surface area contributed by atoms with Crippen LogP contribution >= 0.6 is 0 Å². The minimum Gasteiger partial charge on any atom is -0.410 e. The van der Waals surface area contributed by atoms with Crippen molar-refractivity contribution in [2.24, 2.45) is 0 Å². The molecule has 0 aromatic rings. The summed E-state index contributed by atoms with van der Waals surface area (Å²) in [5, 5.41) is 0. The lowest BCUT2D eigenvalue weighted by atomic mass is 10.2. The van der Waals surface area contributed by atoms with E-state index in [1.807, 2.05) is 0 Å². The van der Waals surface area contributed by atoms with Crippen molar-refractivity contribution in [2.45, 2.75) is 77.3 Å². The average molecular weight is 345 g/mol. The Morgan fingerprint density at radius 3 is 2.13 bits per heavy atom. The lowest BCUT2D eigenvalue weighted by molar-refractivity contribution is -0.169. The van der Waals surface area contributed by atoms with Crippen LogP contribution in [0.25, 0.3) is 0 Å². The van der Waals surface area contributed by atoms with Gasteiger partial charge in [0.15, 0.2) is 26.2 Å². The normalized spacial score (nSPS) is 18.8. The molecule has 0 bridgehead atoms. The number of ether oxygens (including phenoxy) is 2. The molecule has 5 nitrogen and oxygen atoms in total. The van der Waals surface area contributed by atoms with Gasteiger partial charge in [0.25, 0.3) is 0 Å². The van der Waals surface area contributed by atoms with E-state index in [1.54, 1.807) is 0 Å². The third-order valence-electron chi connectivity index (χ3n) is 4.72. The van der Waals surface area contributed by atoms with E-state index in [0.29, 0.717) is 6.61 Å². The molecule has 1 aliphatic heterocycles. The fraction of sp³-hybridized carbons (Fsp3) is 0.882. The second-order valence-electron chi connectivity index (χ2n) is 6.22. The first-order valence-corrected chi connectivity index (χ1v) is 11.5. The summed E-state index contributed by atoms with van der Waals surface area (Å²) in [6, 6.07) is 3.09. The van der Waals surface area contributed by atoms with Crippen LogP contribution in [-0.4, -0.2) is 46.0 Å². The first-order chi connectivity index (χ1) is 11.0. The van der Waals surface area contributed by atoms with Gasteiger partial charge in [-0.25, -0.2) is 0 Å². The van der Waals surface area contributed by atoms with Crippen LogP contribution in [0.15, 0.2) is 0 Å². The van der Waals surface area contributed by atoms with Crippen LogP contribution < -0.4 is 0 Å². The highest BCUT2D eigenvalue weighted by Crippen LogP contribution is 2.21. The molecule has 1 saturated heterocycles. The minimum absolute atomic E-state index is 0.0134. The predicted octanol–water partition coefficient (Wildman–Crippen LogP) is 3.47. The Morgan fingerprint density at radius 2 is 1.61 bits per heavy atom. The summed E-state index contributed by atoms with van der Waals surface area (Å²) in [4.78, 5) is 23.7. The van der Waals surface area contributed by atoms with Crippen molar-refractivity contribution >= 4 is 19.9 Å². The summed E-state index contributed by atoms with van der Waals surface area (Å²) in [7, 11) is -1.72. The number of ketones is 2. The van der Waals surface area contributed by atoms with Gasteiger partial charge < -0.3 is 13.9 Å². The lowest BCUT2D eigenvalue weighted by Gasteiger charge is -2.27. The van der Waals surface area contributed by atoms with Crippen LogP contribution in [0.1, 0.15) is 52.9 Å². The quantitative estimate of drug-likeness (QED) is 0.507. The summed E-state index contributed by atoms with van der Waals surface area (Å²) in [5.74, 6) is -0.0306. The molecule has 6 heteroatoms. The van der Waals surface area contributed by atoms with Crippen LogP contribution in [0, 0.1) is 0 Å². The molecule has 23 heavy (non-hydrogen) atoms. The molecule has 1 atom stereocenters. The van der Waals surface area contributed by atoms with Crippen molar-refractivity contribution in [3.63, 3.8) is 0 Å². The third kappa shape index (κ3) is 7.70. The SMILES string of the molecule is CC[Si](CC)(CC)OCC(=O)CCC(=O)COC1CCCCO1. The Kier molecular flexibility index (Phi) is 9.86. The number of rotatable bonds is 12. The highest BCUT2D eigenvalue weighted by Gasteiger charge is 2.29. The number of Topliss-reactive ketones (excluding diaryl/α,β-unsaturated/α-hetero) is 2. The molecule has 0 radical (unpaired) electrons. The first-order valence-electron chi connectivity index (χ1n) is 8.95. The summed E-state index contributed by atoms with van der Waals surface area (Å²) in [6.45, 7) is 7.30. The summed E-state index contributed by atoms with van der Waals surface area (Å²) < 4.78 is 16.8. The maximum absolute atomic E-state index is 11.9. The molecular formula is C17H32O5Si. The molecule has 1 aliphatic rings. The minimum atomic E-state index is -1.72. The Balaban J connectivity index is 2.18. The molecule has 0 saturated carbocycles. The van der Waals surface area contributed by atoms with Crippen molar-refractivity contribution in [1.82, 2.24) is 0 Å². The largest absolute Gasteiger partial charge is 0.410 e. The van der Waals surface area contributed by atoms with E-state index in [2.05, 4.69) is 20.8 Å². The van der Waals surface area contributed by atoms with Crippen LogP contribution in [0.3, 0.4) is 0 Å². The lowest BCUT2D eigenvalue weighted by Crippen LogP contribution is -2.37. The zero-order valence-electron chi connectivity index (χ0n) is 14.9. The van der Waals surface area contributed by atoms with Gasteiger partial charge in [0.05, 0.1) is 6.61 Å². The fourth-order valence-corrected chi connectivity index (χ4v) is 5.32. The van der Waals surface area contributed by atoms with Crippen LogP contribution in [0.5, 0.6) is 0 Å². The van der Waals surface area contributed by atoms with Crippen molar-refractivity contribution in [1.29, 1.82) is 0 Å². The first kappa shape index (κ1) is 20.5. The maximum atomic E-state index is 11.9. The smallest absolute Gasteiger partial charge is 0.192 e. The van der Waals surface area contributed by atoms with E-state index in [0.717, 1.165) is 37.4 Å².